The van der Waals surface area contributed by atoms with E-state index in [1.807, 2.05) is 17.8 Å². The molecule has 1 aliphatic rings. The van der Waals surface area contributed by atoms with Crippen molar-refractivity contribution in [3.63, 3.8) is 0 Å². The Labute approximate surface area is 131 Å². The predicted octanol–water partition coefficient (Wildman–Crippen LogP) is 6.02. The van der Waals surface area contributed by atoms with Gasteiger partial charge in [-0.1, -0.05) is 63.6 Å². The summed E-state index contributed by atoms with van der Waals surface area (Å²) in [6.45, 7) is 0. The summed E-state index contributed by atoms with van der Waals surface area (Å²) in [5.74, 6) is 0. The second-order valence-corrected chi connectivity index (χ2v) is 6.65. The third-order valence-electron chi connectivity index (χ3n) is 3.09. The maximum Gasteiger partial charge on any atom is 0.0412 e. The van der Waals surface area contributed by atoms with Crippen LogP contribution in [-0.4, -0.2) is 5.33 Å². The summed E-state index contributed by atoms with van der Waals surface area (Å²) >= 11 is 11.5. The Morgan fingerprint density at radius 1 is 1.05 bits per heavy atom. The van der Waals surface area contributed by atoms with Crippen LogP contribution < -0.4 is 0 Å². The number of halogens is 2. The van der Waals surface area contributed by atoms with Crippen LogP contribution in [0.3, 0.4) is 0 Å². The molecular formula is C16H12BrClS. The summed E-state index contributed by atoms with van der Waals surface area (Å²) < 4.78 is 0. The minimum Gasteiger partial charge on any atom is -0.0925 e. The van der Waals surface area contributed by atoms with Gasteiger partial charge in [-0.3, -0.25) is 0 Å². The van der Waals surface area contributed by atoms with Crippen molar-refractivity contribution in [1.82, 2.24) is 0 Å². The van der Waals surface area contributed by atoms with Gasteiger partial charge in [0, 0.05) is 20.1 Å². The smallest absolute Gasteiger partial charge is 0.0412 e. The number of benzene rings is 2. The van der Waals surface area contributed by atoms with Gasteiger partial charge in [-0.05, 0) is 47.4 Å². The zero-order chi connectivity index (χ0) is 13.2. The summed E-state index contributed by atoms with van der Waals surface area (Å²) in [4.78, 5) is 2.60. The Morgan fingerprint density at radius 3 is 2.68 bits per heavy atom. The van der Waals surface area contributed by atoms with Gasteiger partial charge in [-0.2, -0.15) is 0 Å². The Balaban J connectivity index is 2.19. The van der Waals surface area contributed by atoms with Gasteiger partial charge in [0.15, 0.2) is 0 Å². The molecule has 0 amide bonds. The minimum atomic E-state index is 0.795. The van der Waals surface area contributed by atoms with Crippen molar-refractivity contribution in [2.24, 2.45) is 0 Å². The molecule has 19 heavy (non-hydrogen) atoms. The van der Waals surface area contributed by atoms with E-state index in [9.17, 15) is 0 Å². The molecule has 2 aromatic rings. The molecule has 0 unspecified atom stereocenters. The lowest BCUT2D eigenvalue weighted by Crippen LogP contribution is -1.99. The zero-order valence-electron chi connectivity index (χ0n) is 10.2. The fourth-order valence-corrected chi connectivity index (χ4v) is 3.75. The quantitative estimate of drug-likeness (QED) is 0.509. The lowest BCUT2D eigenvalue weighted by molar-refractivity contribution is 1.23. The average molecular weight is 352 g/mol. The van der Waals surface area contributed by atoms with E-state index >= 15 is 0 Å². The van der Waals surface area contributed by atoms with Crippen molar-refractivity contribution in [2.75, 3.05) is 5.33 Å². The summed E-state index contributed by atoms with van der Waals surface area (Å²) in [5.41, 5.74) is 3.85. The number of alkyl halides is 1. The van der Waals surface area contributed by atoms with Crippen LogP contribution in [-0.2, 0) is 0 Å². The van der Waals surface area contributed by atoms with E-state index in [1.54, 1.807) is 0 Å². The van der Waals surface area contributed by atoms with Crippen LogP contribution >= 0.6 is 39.3 Å². The highest BCUT2D eigenvalue weighted by molar-refractivity contribution is 9.09. The summed E-state index contributed by atoms with van der Waals surface area (Å²) in [5, 5.41) is 1.77. The van der Waals surface area contributed by atoms with E-state index in [-0.39, 0.29) is 0 Å². The van der Waals surface area contributed by atoms with E-state index in [0.29, 0.717) is 0 Å². The average Bonchev–Trinajstić information content (AvgIpc) is 2.44. The van der Waals surface area contributed by atoms with Gasteiger partial charge in [0.1, 0.15) is 0 Å². The summed E-state index contributed by atoms with van der Waals surface area (Å²) in [6.07, 6.45) is 3.31. The Kier molecular flexibility index (Phi) is 4.01. The molecule has 0 spiro atoms. The van der Waals surface area contributed by atoms with E-state index in [2.05, 4.69) is 58.4 Å². The second-order valence-electron chi connectivity index (χ2n) is 4.33. The third-order valence-corrected chi connectivity index (χ3v) is 4.93. The van der Waals surface area contributed by atoms with E-state index in [4.69, 9.17) is 11.6 Å². The highest BCUT2D eigenvalue weighted by Crippen LogP contribution is 2.46. The predicted molar refractivity (Wildman–Crippen MR) is 87.5 cm³/mol. The van der Waals surface area contributed by atoms with E-state index in [0.717, 1.165) is 16.8 Å². The van der Waals surface area contributed by atoms with Crippen LogP contribution in [0.2, 0.25) is 5.02 Å². The molecule has 0 bridgehead atoms. The van der Waals surface area contributed by atoms with Crippen molar-refractivity contribution in [3.05, 3.63) is 64.7 Å². The molecule has 0 N–H and O–H groups in total. The first-order chi connectivity index (χ1) is 9.29. The highest BCUT2D eigenvalue weighted by Gasteiger charge is 2.20. The van der Waals surface area contributed by atoms with Crippen molar-refractivity contribution in [3.8, 4) is 0 Å². The topological polar surface area (TPSA) is 0 Å². The molecule has 0 radical (unpaired) electrons. The first-order valence-corrected chi connectivity index (χ1v) is 8.44. The molecule has 0 atom stereocenters. The second kappa shape index (κ2) is 5.74. The fraction of sp³-hybridized carbons (Fsp3) is 0.125. The summed E-state index contributed by atoms with van der Waals surface area (Å²) in [6, 6.07) is 14.7. The van der Waals surface area contributed by atoms with Crippen LogP contribution in [0.1, 0.15) is 17.5 Å². The standard InChI is InChI=1S/C16H12BrClS/c17-9-3-5-12-13-4-1-2-6-15(13)19-16-8-7-11(18)10-14(12)16/h1-2,4-8,10H,3,9H2/b12-5+. The molecule has 96 valence electrons. The number of allylic oxidation sites excluding steroid dienone is 1. The molecule has 2 aromatic carbocycles. The molecule has 0 nitrogen and oxygen atoms in total. The van der Waals surface area contributed by atoms with Gasteiger partial charge in [-0.15, -0.1) is 0 Å². The SMILES string of the molecule is Clc1ccc2c(c1)/C(=C/CCBr)c1ccccc1S2. The fourth-order valence-electron chi connectivity index (χ4n) is 2.26. The first-order valence-electron chi connectivity index (χ1n) is 6.13. The monoisotopic (exact) mass is 350 g/mol. The summed E-state index contributed by atoms with van der Waals surface area (Å²) in [7, 11) is 0. The molecule has 0 saturated carbocycles. The number of rotatable bonds is 2. The van der Waals surface area contributed by atoms with Crippen molar-refractivity contribution in [1.29, 1.82) is 0 Å². The van der Waals surface area contributed by atoms with Crippen LogP contribution in [0.15, 0.2) is 58.3 Å². The maximum atomic E-state index is 6.16. The van der Waals surface area contributed by atoms with Crippen LogP contribution in [0.5, 0.6) is 0 Å². The van der Waals surface area contributed by atoms with E-state index in [1.165, 1.54) is 26.5 Å². The van der Waals surface area contributed by atoms with Gasteiger partial charge in [-0.25, -0.2) is 0 Å². The van der Waals surface area contributed by atoms with Crippen LogP contribution in [0.25, 0.3) is 5.57 Å². The molecule has 0 fully saturated rings. The van der Waals surface area contributed by atoms with Gasteiger partial charge in [0.2, 0.25) is 0 Å². The molecule has 1 aliphatic heterocycles. The molecule has 3 rings (SSSR count). The molecule has 0 aromatic heterocycles. The van der Waals surface area contributed by atoms with Gasteiger partial charge < -0.3 is 0 Å². The Hall–Kier alpha value is -0.700. The number of fused-ring (bicyclic) bond motifs is 2. The zero-order valence-corrected chi connectivity index (χ0v) is 13.4. The lowest BCUT2D eigenvalue weighted by Gasteiger charge is -2.22. The molecular weight excluding hydrogens is 340 g/mol. The molecule has 3 heteroatoms. The van der Waals surface area contributed by atoms with Gasteiger partial charge in [0.25, 0.3) is 0 Å². The van der Waals surface area contributed by atoms with Crippen LogP contribution in [0.4, 0.5) is 0 Å². The Morgan fingerprint density at radius 2 is 1.84 bits per heavy atom. The Bertz CT molecular complexity index is 649. The number of hydrogen-bond acceptors (Lipinski definition) is 1. The van der Waals surface area contributed by atoms with Crippen LogP contribution in [0, 0.1) is 0 Å². The third kappa shape index (κ3) is 2.62. The normalized spacial score (nSPS) is 15.2. The lowest BCUT2D eigenvalue weighted by atomic mass is 9.96. The van der Waals surface area contributed by atoms with E-state index < -0.39 is 0 Å². The molecule has 0 aliphatic carbocycles. The van der Waals surface area contributed by atoms with Crippen molar-refractivity contribution >= 4 is 44.9 Å². The largest absolute Gasteiger partial charge is 0.0925 e. The first kappa shape index (κ1) is 13.3. The molecule has 1 heterocycles. The van der Waals surface area contributed by atoms with Gasteiger partial charge >= 0.3 is 0 Å². The minimum absolute atomic E-state index is 0.795. The maximum absolute atomic E-state index is 6.16. The number of hydrogen-bond donors (Lipinski definition) is 0. The highest BCUT2D eigenvalue weighted by atomic mass is 79.9. The van der Waals surface area contributed by atoms with Crippen molar-refractivity contribution < 1.29 is 0 Å². The van der Waals surface area contributed by atoms with Gasteiger partial charge in [0.05, 0.1) is 0 Å². The van der Waals surface area contributed by atoms with Crippen molar-refractivity contribution in [2.45, 2.75) is 16.2 Å². The molecule has 0 saturated heterocycles.